The Labute approximate surface area is 253 Å². The average Bonchev–Trinajstić information content (AvgIpc) is 3.73. The maximum Gasteiger partial charge on any atom is 0.308 e. The quantitative estimate of drug-likeness (QED) is 0.276. The lowest BCUT2D eigenvalue weighted by atomic mass is 9.56. The average molecular weight is 602 g/mol. The third kappa shape index (κ3) is 7.10. The number of rotatable bonds is 9. The van der Waals surface area contributed by atoms with Crippen molar-refractivity contribution in [3.05, 3.63) is 63.6 Å². The number of piperidine rings is 1. The zero-order valence-electron chi connectivity index (χ0n) is 24.3. The van der Waals surface area contributed by atoms with Gasteiger partial charge in [0, 0.05) is 43.9 Å². The van der Waals surface area contributed by atoms with E-state index in [0.29, 0.717) is 28.8 Å². The van der Waals surface area contributed by atoms with E-state index in [9.17, 15) is 14.7 Å². The number of carbonyl (C=O) groups is 2. The molecule has 2 aliphatic carbocycles. The van der Waals surface area contributed by atoms with Crippen LogP contribution < -0.4 is 4.74 Å². The van der Waals surface area contributed by atoms with Crippen molar-refractivity contribution in [2.45, 2.75) is 76.9 Å². The number of benzene rings is 2. The summed E-state index contributed by atoms with van der Waals surface area (Å²) in [5.41, 5.74) is 1.57. The molecule has 1 unspecified atom stereocenters. The number of likely N-dealkylation sites (tertiary alicyclic amines) is 1. The van der Waals surface area contributed by atoms with Crippen LogP contribution in [0, 0.1) is 17.8 Å². The molecule has 41 heavy (non-hydrogen) atoms. The molecule has 8 heteroatoms. The molecule has 0 bridgehead atoms. The number of hydrogen-bond acceptors (Lipinski definition) is 5. The van der Waals surface area contributed by atoms with Crippen molar-refractivity contribution in [3.63, 3.8) is 0 Å². The molecule has 1 aliphatic heterocycles. The maximum absolute atomic E-state index is 13.9. The molecule has 4 atom stereocenters. The number of aliphatic hydroxyl groups is 1. The van der Waals surface area contributed by atoms with Crippen molar-refractivity contribution in [3.8, 4) is 5.75 Å². The van der Waals surface area contributed by atoms with E-state index in [0.717, 1.165) is 49.5 Å². The monoisotopic (exact) mass is 600 g/mol. The summed E-state index contributed by atoms with van der Waals surface area (Å²) in [6, 6.07) is 13.1. The molecule has 3 aliphatic rings. The molecule has 1 heterocycles. The Morgan fingerprint density at radius 1 is 1.15 bits per heavy atom. The number of nitrogens with zero attached hydrogens (tertiary/aromatic N) is 2. The highest BCUT2D eigenvalue weighted by molar-refractivity contribution is 6.42. The summed E-state index contributed by atoms with van der Waals surface area (Å²) >= 11 is 12.4. The van der Waals surface area contributed by atoms with Crippen LogP contribution in [-0.2, 0) is 21.4 Å². The Kier molecular flexibility index (Phi) is 9.34. The van der Waals surface area contributed by atoms with E-state index in [-0.39, 0.29) is 41.6 Å². The van der Waals surface area contributed by atoms with Gasteiger partial charge in [-0.05, 0) is 85.9 Å². The van der Waals surface area contributed by atoms with E-state index in [1.165, 1.54) is 19.8 Å². The smallest absolute Gasteiger partial charge is 0.308 e. The molecule has 0 radical (unpaired) electrons. The highest BCUT2D eigenvalue weighted by Gasteiger charge is 2.53. The fourth-order valence-electron chi connectivity index (χ4n) is 7.13. The van der Waals surface area contributed by atoms with Gasteiger partial charge < -0.3 is 19.6 Å². The number of amides is 1. The first-order chi connectivity index (χ1) is 19.5. The van der Waals surface area contributed by atoms with Crippen LogP contribution in [0.2, 0.25) is 10.0 Å². The van der Waals surface area contributed by atoms with Crippen LogP contribution in [0.4, 0.5) is 0 Å². The Bertz CT molecular complexity index is 1270. The first-order valence-electron chi connectivity index (χ1n) is 15.0. The Balaban J connectivity index is 1.47. The Morgan fingerprint density at radius 2 is 1.93 bits per heavy atom. The van der Waals surface area contributed by atoms with Crippen molar-refractivity contribution in [1.82, 2.24) is 9.80 Å². The summed E-state index contributed by atoms with van der Waals surface area (Å²) in [7, 11) is 0. The van der Waals surface area contributed by atoms with Crippen molar-refractivity contribution in [2.75, 3.05) is 26.2 Å². The first kappa shape index (κ1) is 30.3. The van der Waals surface area contributed by atoms with Gasteiger partial charge >= 0.3 is 5.97 Å². The van der Waals surface area contributed by atoms with Crippen LogP contribution in [0.15, 0.2) is 42.5 Å². The van der Waals surface area contributed by atoms with Gasteiger partial charge in [-0.1, -0.05) is 55.2 Å². The van der Waals surface area contributed by atoms with Gasteiger partial charge in [0.1, 0.15) is 5.75 Å². The van der Waals surface area contributed by atoms with Gasteiger partial charge in [0.05, 0.1) is 22.6 Å². The predicted molar refractivity (Wildman–Crippen MR) is 162 cm³/mol. The summed E-state index contributed by atoms with van der Waals surface area (Å²) < 4.78 is 5.48. The molecule has 222 valence electrons. The van der Waals surface area contributed by atoms with Gasteiger partial charge in [0.2, 0.25) is 5.91 Å². The molecule has 1 N–H and O–H groups in total. The minimum Gasteiger partial charge on any atom is -0.427 e. The van der Waals surface area contributed by atoms with Crippen LogP contribution in [0.3, 0.4) is 0 Å². The molecule has 0 spiro atoms. The van der Waals surface area contributed by atoms with Crippen molar-refractivity contribution in [1.29, 1.82) is 0 Å². The summed E-state index contributed by atoms with van der Waals surface area (Å²) in [4.78, 5) is 30.2. The third-order valence-corrected chi connectivity index (χ3v) is 9.90. The van der Waals surface area contributed by atoms with Crippen molar-refractivity contribution < 1.29 is 19.4 Å². The Hall–Kier alpha value is -2.12. The predicted octanol–water partition coefficient (Wildman–Crippen LogP) is 6.14. The molecule has 5 rings (SSSR count). The van der Waals surface area contributed by atoms with Gasteiger partial charge in [-0.15, -0.1) is 0 Å². The fraction of sp³-hybridized carbons (Fsp3) is 0.576. The zero-order valence-corrected chi connectivity index (χ0v) is 25.8. The van der Waals surface area contributed by atoms with Crippen molar-refractivity contribution in [2.24, 2.45) is 17.8 Å². The largest absolute Gasteiger partial charge is 0.427 e. The van der Waals surface area contributed by atoms with Crippen LogP contribution in [0.1, 0.15) is 64.0 Å². The minimum absolute atomic E-state index is 0.0303. The van der Waals surface area contributed by atoms with Crippen molar-refractivity contribution >= 4 is 35.1 Å². The lowest BCUT2D eigenvalue weighted by Crippen LogP contribution is -2.62. The minimum atomic E-state index is -0.555. The fourth-order valence-corrected chi connectivity index (χ4v) is 7.45. The van der Waals surface area contributed by atoms with E-state index in [1.807, 2.05) is 23.1 Å². The topological polar surface area (TPSA) is 70.1 Å². The molecule has 1 amide bonds. The normalized spacial score (nSPS) is 26.5. The lowest BCUT2D eigenvalue weighted by molar-refractivity contribution is -0.139. The SMILES string of the molecule is CC(=O)Oc1cccc([C@@]23CCN(CC4CC4)C[C@H]2C(O)C[C@@H](N(CC(C)C)C(=O)Cc2ccc(Cl)c(Cl)c2)C3)c1. The standard InChI is InChI=1S/C33H42Cl2N2O4/c1-21(2)18-37(32(40)14-24-9-10-29(34)30(35)13-24)26-16-31(39)28-20-36(19-23-7-8-23)12-11-33(28,17-26)25-5-4-6-27(15-25)41-22(3)38/h4-6,9-10,13,15,21,23,26,28,31,39H,7-8,11-12,14,16-20H2,1-3H3/t26-,28+,31?,33+/m1/s1. The van der Waals surface area contributed by atoms with Crippen LogP contribution >= 0.6 is 23.2 Å². The summed E-state index contributed by atoms with van der Waals surface area (Å²) in [6.45, 7) is 9.15. The zero-order chi connectivity index (χ0) is 29.3. The number of aliphatic hydroxyl groups excluding tert-OH is 1. The second kappa shape index (κ2) is 12.6. The summed E-state index contributed by atoms with van der Waals surface area (Å²) in [6.07, 6.45) is 4.46. The molecule has 3 fully saturated rings. The van der Waals surface area contributed by atoms with Gasteiger partial charge in [-0.3, -0.25) is 9.59 Å². The number of ether oxygens (including phenoxy) is 1. The van der Waals surface area contributed by atoms with Crippen LogP contribution in [0.25, 0.3) is 0 Å². The number of fused-ring (bicyclic) bond motifs is 1. The molecule has 6 nitrogen and oxygen atoms in total. The molecular formula is C33H42Cl2N2O4. The molecular weight excluding hydrogens is 559 g/mol. The van der Waals surface area contributed by atoms with Gasteiger partial charge in [0.15, 0.2) is 0 Å². The maximum atomic E-state index is 13.9. The van der Waals surface area contributed by atoms with E-state index < -0.39 is 6.10 Å². The highest BCUT2D eigenvalue weighted by Crippen LogP contribution is 2.51. The highest BCUT2D eigenvalue weighted by atomic mass is 35.5. The molecule has 2 saturated carbocycles. The summed E-state index contributed by atoms with van der Waals surface area (Å²) in [5.74, 6) is 1.28. The van der Waals surface area contributed by atoms with E-state index in [1.54, 1.807) is 18.2 Å². The van der Waals surface area contributed by atoms with E-state index in [2.05, 4.69) is 24.8 Å². The third-order valence-electron chi connectivity index (χ3n) is 9.16. The van der Waals surface area contributed by atoms with Crippen LogP contribution in [-0.4, -0.2) is 65.1 Å². The van der Waals surface area contributed by atoms with E-state index >= 15 is 0 Å². The van der Waals surface area contributed by atoms with Gasteiger partial charge in [-0.2, -0.15) is 0 Å². The van der Waals surface area contributed by atoms with Crippen LogP contribution in [0.5, 0.6) is 5.75 Å². The number of halogens is 2. The molecule has 0 aromatic heterocycles. The summed E-state index contributed by atoms with van der Waals surface area (Å²) in [5, 5.41) is 12.7. The molecule has 2 aromatic rings. The first-order valence-corrected chi connectivity index (χ1v) is 15.7. The Morgan fingerprint density at radius 3 is 2.61 bits per heavy atom. The second-order valence-electron chi connectivity index (χ2n) is 12.9. The number of hydrogen-bond donors (Lipinski definition) is 1. The molecule has 2 aromatic carbocycles. The van der Waals surface area contributed by atoms with E-state index in [4.69, 9.17) is 27.9 Å². The number of carbonyl (C=O) groups excluding carboxylic acids is 2. The second-order valence-corrected chi connectivity index (χ2v) is 13.7. The van der Waals surface area contributed by atoms with Gasteiger partial charge in [-0.25, -0.2) is 0 Å². The lowest BCUT2D eigenvalue weighted by Gasteiger charge is -2.56. The molecule has 1 saturated heterocycles. The van der Waals surface area contributed by atoms with Gasteiger partial charge in [0.25, 0.3) is 0 Å². The number of esters is 1.